The molecule has 8 nitrogen and oxygen atoms in total. The molecule has 2 aromatic heterocycles. The molecule has 0 unspecified atom stereocenters. The van der Waals surface area contributed by atoms with Crippen LogP contribution < -0.4 is 14.5 Å². The van der Waals surface area contributed by atoms with Gasteiger partial charge in [0.1, 0.15) is 17.5 Å². The van der Waals surface area contributed by atoms with Crippen LogP contribution in [0.25, 0.3) is 0 Å². The van der Waals surface area contributed by atoms with Crippen LogP contribution in [0.2, 0.25) is 0 Å². The van der Waals surface area contributed by atoms with E-state index in [0.717, 1.165) is 30.5 Å². The van der Waals surface area contributed by atoms with Crippen molar-refractivity contribution in [2.75, 3.05) is 57.2 Å². The van der Waals surface area contributed by atoms with Gasteiger partial charge in [0.2, 0.25) is 5.88 Å². The number of carbonyl (C=O) groups is 1. The lowest BCUT2D eigenvalue weighted by Crippen LogP contribution is -2.49. The first-order valence-corrected chi connectivity index (χ1v) is 8.55. The summed E-state index contributed by atoms with van der Waals surface area (Å²) in [6.07, 6.45) is 1.59. The molecule has 0 N–H and O–H groups in total. The van der Waals surface area contributed by atoms with E-state index in [9.17, 15) is 4.79 Å². The monoisotopic (exact) mass is 356 g/mol. The van der Waals surface area contributed by atoms with Crippen LogP contribution >= 0.6 is 0 Å². The Morgan fingerprint density at radius 3 is 2.54 bits per heavy atom. The lowest BCUT2D eigenvalue weighted by atomic mass is 10.2. The van der Waals surface area contributed by atoms with Crippen molar-refractivity contribution in [2.45, 2.75) is 6.92 Å². The first kappa shape index (κ1) is 17.9. The van der Waals surface area contributed by atoms with Crippen molar-refractivity contribution in [1.29, 1.82) is 0 Å². The molecule has 1 aliphatic rings. The van der Waals surface area contributed by atoms with Crippen molar-refractivity contribution in [3.05, 3.63) is 35.8 Å². The van der Waals surface area contributed by atoms with Crippen LogP contribution in [0.15, 0.2) is 24.4 Å². The van der Waals surface area contributed by atoms with Crippen molar-refractivity contribution in [3.63, 3.8) is 0 Å². The number of anilines is 2. The van der Waals surface area contributed by atoms with Gasteiger partial charge in [-0.05, 0) is 13.0 Å². The highest BCUT2D eigenvalue weighted by Crippen LogP contribution is 2.20. The zero-order chi connectivity index (χ0) is 18.7. The normalized spacial score (nSPS) is 14.3. The molecular formula is C18H24N6O2. The number of aromatic nitrogens is 3. The van der Waals surface area contributed by atoms with E-state index in [1.165, 1.54) is 0 Å². The van der Waals surface area contributed by atoms with E-state index in [1.54, 1.807) is 25.4 Å². The van der Waals surface area contributed by atoms with Crippen LogP contribution in [-0.2, 0) is 0 Å². The molecule has 3 heterocycles. The molecule has 0 bridgehead atoms. The molecule has 1 aliphatic heterocycles. The number of hydrogen-bond donors (Lipinski definition) is 0. The second kappa shape index (κ2) is 7.55. The van der Waals surface area contributed by atoms with Crippen molar-refractivity contribution in [2.24, 2.45) is 0 Å². The summed E-state index contributed by atoms with van der Waals surface area (Å²) in [7, 11) is 5.47. The third-order valence-corrected chi connectivity index (χ3v) is 4.35. The maximum atomic E-state index is 12.7. The fraction of sp³-hybridized carbons (Fsp3) is 0.444. The fourth-order valence-electron chi connectivity index (χ4n) is 2.90. The minimum atomic E-state index is -0.00167. The molecular weight excluding hydrogens is 332 g/mol. The number of piperazine rings is 1. The highest BCUT2D eigenvalue weighted by atomic mass is 16.5. The lowest BCUT2D eigenvalue weighted by molar-refractivity contribution is 0.0746. The highest BCUT2D eigenvalue weighted by Gasteiger charge is 2.24. The number of aryl methyl sites for hydroxylation is 1. The van der Waals surface area contributed by atoms with Crippen LogP contribution in [0.4, 0.5) is 11.6 Å². The summed E-state index contributed by atoms with van der Waals surface area (Å²) in [5.74, 6) is 2.97. The molecule has 26 heavy (non-hydrogen) atoms. The number of rotatable bonds is 4. The summed E-state index contributed by atoms with van der Waals surface area (Å²) in [5, 5.41) is 0. The lowest BCUT2D eigenvalue weighted by Gasteiger charge is -2.35. The maximum absolute atomic E-state index is 12.7. The Hall–Kier alpha value is -2.90. The van der Waals surface area contributed by atoms with Gasteiger partial charge in [-0.15, -0.1) is 0 Å². The molecule has 0 atom stereocenters. The minimum absolute atomic E-state index is 0.00167. The Morgan fingerprint density at radius 1 is 1.15 bits per heavy atom. The number of ether oxygens (including phenoxy) is 1. The number of carbonyl (C=O) groups excluding carboxylic acids is 1. The SMILES string of the molecule is COc1cc(C(=O)N2CCN(c3cc(N(C)C)nc(C)n3)CC2)ccn1. The molecule has 0 spiro atoms. The first-order chi connectivity index (χ1) is 12.5. The second-order valence-corrected chi connectivity index (χ2v) is 6.39. The maximum Gasteiger partial charge on any atom is 0.254 e. The Bertz CT molecular complexity index is 787. The number of pyridine rings is 1. The minimum Gasteiger partial charge on any atom is -0.481 e. The van der Waals surface area contributed by atoms with E-state index in [4.69, 9.17) is 4.74 Å². The molecule has 0 radical (unpaired) electrons. The second-order valence-electron chi connectivity index (χ2n) is 6.39. The Kier molecular flexibility index (Phi) is 5.20. The van der Waals surface area contributed by atoms with Gasteiger partial charge in [-0.25, -0.2) is 15.0 Å². The number of amides is 1. The molecule has 1 amide bonds. The molecule has 0 saturated carbocycles. The number of methoxy groups -OCH3 is 1. The van der Waals surface area contributed by atoms with E-state index in [1.807, 2.05) is 36.9 Å². The zero-order valence-corrected chi connectivity index (χ0v) is 15.6. The standard InChI is InChI=1S/C18H24N6O2/c1-13-20-15(22(2)3)12-16(21-13)23-7-9-24(10-8-23)18(25)14-5-6-19-17(11-14)26-4/h5-6,11-12H,7-10H2,1-4H3. The Morgan fingerprint density at radius 2 is 1.88 bits per heavy atom. The predicted octanol–water partition coefficient (Wildman–Crippen LogP) is 1.22. The van der Waals surface area contributed by atoms with Gasteiger partial charge in [0.05, 0.1) is 7.11 Å². The molecule has 0 aliphatic carbocycles. The van der Waals surface area contributed by atoms with Crippen LogP contribution in [-0.4, -0.2) is 73.1 Å². The number of nitrogens with zero attached hydrogens (tertiary/aromatic N) is 6. The molecule has 8 heteroatoms. The van der Waals surface area contributed by atoms with E-state index < -0.39 is 0 Å². The van der Waals surface area contributed by atoms with Crippen LogP contribution in [0.3, 0.4) is 0 Å². The van der Waals surface area contributed by atoms with E-state index in [0.29, 0.717) is 24.5 Å². The molecule has 2 aromatic rings. The van der Waals surface area contributed by atoms with Gasteiger partial charge < -0.3 is 19.4 Å². The van der Waals surface area contributed by atoms with Crippen molar-refractivity contribution in [3.8, 4) is 5.88 Å². The Balaban J connectivity index is 1.68. The third-order valence-electron chi connectivity index (χ3n) is 4.35. The van der Waals surface area contributed by atoms with Crippen molar-refractivity contribution in [1.82, 2.24) is 19.9 Å². The van der Waals surface area contributed by atoms with Gasteiger partial charge >= 0.3 is 0 Å². The van der Waals surface area contributed by atoms with E-state index >= 15 is 0 Å². The van der Waals surface area contributed by atoms with Crippen molar-refractivity contribution >= 4 is 17.5 Å². The molecule has 1 fully saturated rings. The van der Waals surface area contributed by atoms with Crippen LogP contribution in [0, 0.1) is 6.92 Å². The average Bonchev–Trinajstić information content (AvgIpc) is 2.67. The number of hydrogen-bond acceptors (Lipinski definition) is 7. The fourth-order valence-corrected chi connectivity index (χ4v) is 2.90. The smallest absolute Gasteiger partial charge is 0.254 e. The Labute approximate surface area is 153 Å². The predicted molar refractivity (Wildman–Crippen MR) is 100 cm³/mol. The van der Waals surface area contributed by atoms with Gasteiger partial charge in [0.15, 0.2) is 0 Å². The quantitative estimate of drug-likeness (QED) is 0.815. The van der Waals surface area contributed by atoms with Gasteiger partial charge in [-0.1, -0.05) is 0 Å². The van der Waals surface area contributed by atoms with Crippen LogP contribution in [0.5, 0.6) is 5.88 Å². The molecule has 0 aromatic carbocycles. The molecule has 1 saturated heterocycles. The topological polar surface area (TPSA) is 74.7 Å². The van der Waals surface area contributed by atoms with Gasteiger partial charge in [-0.3, -0.25) is 4.79 Å². The van der Waals surface area contributed by atoms with Gasteiger partial charge in [0, 0.05) is 64.2 Å². The van der Waals surface area contributed by atoms with Gasteiger partial charge in [0.25, 0.3) is 5.91 Å². The zero-order valence-electron chi connectivity index (χ0n) is 15.6. The largest absolute Gasteiger partial charge is 0.481 e. The highest BCUT2D eigenvalue weighted by molar-refractivity contribution is 5.94. The average molecular weight is 356 g/mol. The summed E-state index contributed by atoms with van der Waals surface area (Å²) in [5.41, 5.74) is 0.595. The van der Waals surface area contributed by atoms with E-state index in [2.05, 4.69) is 19.9 Å². The molecule has 3 rings (SSSR count). The van der Waals surface area contributed by atoms with Gasteiger partial charge in [-0.2, -0.15) is 0 Å². The van der Waals surface area contributed by atoms with Crippen LogP contribution in [0.1, 0.15) is 16.2 Å². The first-order valence-electron chi connectivity index (χ1n) is 8.55. The summed E-state index contributed by atoms with van der Waals surface area (Å²) in [6.45, 7) is 4.65. The summed E-state index contributed by atoms with van der Waals surface area (Å²) < 4.78 is 5.10. The van der Waals surface area contributed by atoms with Crippen molar-refractivity contribution < 1.29 is 9.53 Å². The van der Waals surface area contributed by atoms with E-state index in [-0.39, 0.29) is 5.91 Å². The third kappa shape index (κ3) is 3.84. The summed E-state index contributed by atoms with van der Waals surface area (Å²) >= 11 is 0. The summed E-state index contributed by atoms with van der Waals surface area (Å²) in [4.78, 5) is 31.7. The summed E-state index contributed by atoms with van der Waals surface area (Å²) in [6, 6.07) is 5.37. The molecule has 138 valence electrons.